The zero-order chi connectivity index (χ0) is 13.1. The predicted octanol–water partition coefficient (Wildman–Crippen LogP) is 3.44. The van der Waals surface area contributed by atoms with Crippen LogP contribution in [0.4, 0.5) is 10.1 Å². The van der Waals surface area contributed by atoms with E-state index < -0.39 is 11.7 Å². The van der Waals surface area contributed by atoms with Gasteiger partial charge in [-0.25, -0.2) is 4.39 Å². The molecule has 92 valence electrons. The molecule has 0 unspecified atom stereocenters. The summed E-state index contributed by atoms with van der Waals surface area (Å²) in [5.74, 6) is -0.983. The number of hydrogen-bond donors (Lipinski definition) is 2. The second-order valence-electron chi connectivity index (χ2n) is 3.63. The zero-order valence-corrected chi connectivity index (χ0v) is 9.91. The number of carbonyl (C=O) groups is 1. The number of amides is 1. The number of aromatic hydroxyl groups is 1. The Bertz CT molecular complexity index is 584. The van der Waals surface area contributed by atoms with Gasteiger partial charge in [0.05, 0.1) is 5.69 Å². The third-order valence-electron chi connectivity index (χ3n) is 2.31. The number of carbonyl (C=O) groups excluding carboxylic acids is 1. The summed E-state index contributed by atoms with van der Waals surface area (Å²) < 4.78 is 13.4. The number of phenolic OH excluding ortho intramolecular Hbond substituents is 1. The summed E-state index contributed by atoms with van der Waals surface area (Å²) in [5.41, 5.74) is 0.327. The minimum absolute atomic E-state index is 0.0144. The average Bonchev–Trinajstić information content (AvgIpc) is 2.34. The number of phenols is 1. The molecular formula is C13H9ClFNO2. The SMILES string of the molecule is O=C(Nc1cc(Cl)ccc1F)c1ccc(O)cc1. The first kappa shape index (κ1) is 12.4. The summed E-state index contributed by atoms with van der Waals surface area (Å²) in [5, 5.41) is 11.8. The molecule has 18 heavy (non-hydrogen) atoms. The van der Waals surface area contributed by atoms with E-state index in [0.29, 0.717) is 10.6 Å². The molecule has 0 aliphatic heterocycles. The maximum absolute atomic E-state index is 13.4. The van der Waals surface area contributed by atoms with Gasteiger partial charge >= 0.3 is 0 Å². The van der Waals surface area contributed by atoms with E-state index in [1.165, 1.54) is 42.5 Å². The molecule has 0 bridgehead atoms. The molecule has 0 atom stereocenters. The highest BCUT2D eigenvalue weighted by atomic mass is 35.5. The molecule has 0 radical (unpaired) electrons. The van der Waals surface area contributed by atoms with E-state index in [-0.39, 0.29) is 11.4 Å². The number of halogens is 2. The Balaban J connectivity index is 2.21. The summed E-state index contributed by atoms with van der Waals surface area (Å²) in [4.78, 5) is 11.8. The van der Waals surface area contributed by atoms with Crippen LogP contribution < -0.4 is 5.32 Å². The molecule has 2 aromatic rings. The van der Waals surface area contributed by atoms with Crippen LogP contribution in [0, 0.1) is 5.82 Å². The summed E-state index contributed by atoms with van der Waals surface area (Å²) in [6, 6.07) is 9.53. The maximum atomic E-state index is 13.4. The molecule has 0 spiro atoms. The topological polar surface area (TPSA) is 49.3 Å². The molecule has 2 rings (SSSR count). The fourth-order valence-corrected chi connectivity index (χ4v) is 1.57. The van der Waals surface area contributed by atoms with Crippen molar-refractivity contribution in [1.29, 1.82) is 0 Å². The molecule has 0 saturated carbocycles. The fraction of sp³-hybridized carbons (Fsp3) is 0. The lowest BCUT2D eigenvalue weighted by Crippen LogP contribution is -2.12. The molecule has 0 saturated heterocycles. The van der Waals surface area contributed by atoms with Gasteiger partial charge < -0.3 is 10.4 Å². The lowest BCUT2D eigenvalue weighted by Gasteiger charge is -2.06. The molecule has 2 aromatic carbocycles. The van der Waals surface area contributed by atoms with E-state index in [2.05, 4.69) is 5.32 Å². The van der Waals surface area contributed by atoms with Crippen LogP contribution >= 0.6 is 11.6 Å². The lowest BCUT2D eigenvalue weighted by atomic mass is 10.2. The Labute approximate surface area is 108 Å². The predicted molar refractivity (Wildman–Crippen MR) is 67.5 cm³/mol. The van der Waals surface area contributed by atoms with E-state index >= 15 is 0 Å². The largest absolute Gasteiger partial charge is 0.508 e. The Morgan fingerprint density at radius 2 is 1.83 bits per heavy atom. The van der Waals surface area contributed by atoms with Gasteiger partial charge in [-0.15, -0.1) is 0 Å². The van der Waals surface area contributed by atoms with Gasteiger partial charge in [0, 0.05) is 10.6 Å². The van der Waals surface area contributed by atoms with Crippen LogP contribution in [-0.2, 0) is 0 Å². The Morgan fingerprint density at radius 3 is 2.50 bits per heavy atom. The first-order valence-corrected chi connectivity index (χ1v) is 5.49. The van der Waals surface area contributed by atoms with Crippen molar-refractivity contribution in [2.24, 2.45) is 0 Å². The van der Waals surface area contributed by atoms with Crippen molar-refractivity contribution in [3.05, 3.63) is 58.9 Å². The summed E-state index contributed by atoms with van der Waals surface area (Å²) in [7, 11) is 0. The van der Waals surface area contributed by atoms with Crippen molar-refractivity contribution in [2.75, 3.05) is 5.32 Å². The summed E-state index contributed by atoms with van der Waals surface area (Å²) >= 11 is 5.72. The fourth-order valence-electron chi connectivity index (χ4n) is 1.40. The Kier molecular flexibility index (Phi) is 3.48. The van der Waals surface area contributed by atoms with E-state index in [0.717, 1.165) is 0 Å². The van der Waals surface area contributed by atoms with E-state index in [1.54, 1.807) is 0 Å². The first-order valence-electron chi connectivity index (χ1n) is 5.12. The van der Waals surface area contributed by atoms with Gasteiger partial charge in [-0.1, -0.05) is 11.6 Å². The van der Waals surface area contributed by atoms with Crippen molar-refractivity contribution in [3.63, 3.8) is 0 Å². The maximum Gasteiger partial charge on any atom is 0.255 e. The van der Waals surface area contributed by atoms with Crippen molar-refractivity contribution in [3.8, 4) is 5.75 Å². The lowest BCUT2D eigenvalue weighted by molar-refractivity contribution is 0.102. The minimum atomic E-state index is -0.563. The average molecular weight is 266 g/mol. The molecule has 1 amide bonds. The van der Waals surface area contributed by atoms with Gasteiger partial charge in [0.1, 0.15) is 11.6 Å². The molecule has 5 heteroatoms. The van der Waals surface area contributed by atoms with Gasteiger partial charge in [0.2, 0.25) is 0 Å². The molecule has 0 aliphatic carbocycles. The van der Waals surface area contributed by atoms with E-state index in [9.17, 15) is 9.18 Å². The number of anilines is 1. The zero-order valence-electron chi connectivity index (χ0n) is 9.15. The number of hydrogen-bond acceptors (Lipinski definition) is 2. The molecule has 3 nitrogen and oxygen atoms in total. The first-order chi connectivity index (χ1) is 8.56. The van der Waals surface area contributed by atoms with Crippen LogP contribution in [0.2, 0.25) is 5.02 Å². The minimum Gasteiger partial charge on any atom is -0.508 e. The number of nitrogens with one attached hydrogen (secondary N) is 1. The van der Waals surface area contributed by atoms with E-state index in [1.807, 2.05) is 0 Å². The molecule has 2 N–H and O–H groups in total. The van der Waals surface area contributed by atoms with Gasteiger partial charge in [0.15, 0.2) is 0 Å². The van der Waals surface area contributed by atoms with Crippen LogP contribution in [0.25, 0.3) is 0 Å². The standard InChI is InChI=1S/C13H9ClFNO2/c14-9-3-6-11(15)12(7-9)16-13(18)8-1-4-10(17)5-2-8/h1-7,17H,(H,16,18). The van der Waals surface area contributed by atoms with Gasteiger partial charge in [-0.3, -0.25) is 4.79 Å². The van der Waals surface area contributed by atoms with Crippen molar-refractivity contribution < 1.29 is 14.3 Å². The third-order valence-corrected chi connectivity index (χ3v) is 2.54. The number of benzene rings is 2. The smallest absolute Gasteiger partial charge is 0.255 e. The normalized spacial score (nSPS) is 10.1. The van der Waals surface area contributed by atoms with E-state index in [4.69, 9.17) is 16.7 Å². The highest BCUT2D eigenvalue weighted by molar-refractivity contribution is 6.31. The molecular weight excluding hydrogens is 257 g/mol. The Morgan fingerprint density at radius 1 is 1.17 bits per heavy atom. The van der Waals surface area contributed by atoms with Gasteiger partial charge in [0.25, 0.3) is 5.91 Å². The highest BCUT2D eigenvalue weighted by Gasteiger charge is 2.09. The van der Waals surface area contributed by atoms with Crippen molar-refractivity contribution in [2.45, 2.75) is 0 Å². The summed E-state index contributed by atoms with van der Waals surface area (Å²) in [6.07, 6.45) is 0. The van der Waals surface area contributed by atoms with Crippen LogP contribution in [0.5, 0.6) is 5.75 Å². The quantitative estimate of drug-likeness (QED) is 0.874. The Hall–Kier alpha value is -2.07. The second kappa shape index (κ2) is 5.06. The van der Waals surface area contributed by atoms with Crippen molar-refractivity contribution >= 4 is 23.2 Å². The number of rotatable bonds is 2. The molecule has 0 fully saturated rings. The third kappa shape index (κ3) is 2.78. The second-order valence-corrected chi connectivity index (χ2v) is 4.06. The monoisotopic (exact) mass is 265 g/mol. The summed E-state index contributed by atoms with van der Waals surface area (Å²) in [6.45, 7) is 0. The van der Waals surface area contributed by atoms with Crippen molar-refractivity contribution in [1.82, 2.24) is 0 Å². The van der Waals surface area contributed by atoms with Crippen LogP contribution in [0.15, 0.2) is 42.5 Å². The molecule has 0 heterocycles. The van der Waals surface area contributed by atoms with Crippen LogP contribution in [0.1, 0.15) is 10.4 Å². The van der Waals surface area contributed by atoms with Crippen LogP contribution in [0.3, 0.4) is 0 Å². The molecule has 0 aromatic heterocycles. The van der Waals surface area contributed by atoms with Gasteiger partial charge in [-0.05, 0) is 42.5 Å². The highest BCUT2D eigenvalue weighted by Crippen LogP contribution is 2.20. The van der Waals surface area contributed by atoms with Crippen LogP contribution in [-0.4, -0.2) is 11.0 Å². The van der Waals surface area contributed by atoms with Gasteiger partial charge in [-0.2, -0.15) is 0 Å². The molecule has 0 aliphatic rings.